The minimum Gasteiger partial charge on any atom is -0.508 e. The van der Waals surface area contributed by atoms with E-state index in [-0.39, 0.29) is 12.5 Å². The number of allylic oxidation sites excluding steroid dienone is 1. The Bertz CT molecular complexity index is 1100. The van der Waals surface area contributed by atoms with Gasteiger partial charge in [-0.05, 0) is 70.7 Å². The Hall–Kier alpha value is -3.44. The van der Waals surface area contributed by atoms with Crippen molar-refractivity contribution in [3.8, 4) is 23.0 Å². The molecule has 0 saturated carbocycles. The highest BCUT2D eigenvalue weighted by molar-refractivity contribution is 5.99. The number of phenolic OH excluding ortho intramolecular Hbond substituents is 1. The maximum Gasteiger partial charge on any atom is 0.231 e. The maximum atomic E-state index is 9.83. The summed E-state index contributed by atoms with van der Waals surface area (Å²) in [6, 6.07) is 22.1. The van der Waals surface area contributed by atoms with Gasteiger partial charge in [-0.15, -0.1) is 0 Å². The SMILES string of the molecule is CC/C(=C(\c1ccc(O)cc1)c1ccc(OCCNC(C)C)cc1)c1ccc2c(c1)OCO2. The van der Waals surface area contributed by atoms with Crippen molar-refractivity contribution in [3.63, 3.8) is 0 Å². The van der Waals surface area contributed by atoms with Gasteiger partial charge in [-0.2, -0.15) is 0 Å². The minimum atomic E-state index is 0.248. The lowest BCUT2D eigenvalue weighted by atomic mass is 9.88. The molecule has 4 rings (SSSR count). The van der Waals surface area contributed by atoms with Crippen molar-refractivity contribution in [2.24, 2.45) is 0 Å². The van der Waals surface area contributed by atoms with E-state index in [0.717, 1.165) is 52.5 Å². The van der Waals surface area contributed by atoms with Gasteiger partial charge in [0.05, 0.1) is 0 Å². The number of aromatic hydroxyl groups is 1. The largest absolute Gasteiger partial charge is 0.508 e. The molecule has 3 aromatic carbocycles. The molecule has 0 radical (unpaired) electrons. The summed E-state index contributed by atoms with van der Waals surface area (Å²) in [5, 5.41) is 13.2. The number of benzene rings is 3. The average Bonchev–Trinajstić information content (AvgIpc) is 3.29. The first-order chi connectivity index (χ1) is 16.0. The first kappa shape index (κ1) is 22.7. The molecule has 0 saturated heterocycles. The summed E-state index contributed by atoms with van der Waals surface area (Å²) in [5.74, 6) is 2.63. The fourth-order valence-corrected chi connectivity index (χ4v) is 3.99. The fraction of sp³-hybridized carbons (Fsp3) is 0.286. The molecule has 33 heavy (non-hydrogen) atoms. The van der Waals surface area contributed by atoms with Crippen molar-refractivity contribution < 1.29 is 19.3 Å². The zero-order chi connectivity index (χ0) is 23.2. The monoisotopic (exact) mass is 445 g/mol. The highest BCUT2D eigenvalue weighted by Gasteiger charge is 2.18. The molecule has 0 amide bonds. The summed E-state index contributed by atoms with van der Waals surface area (Å²) in [6.07, 6.45) is 0.828. The summed E-state index contributed by atoms with van der Waals surface area (Å²) in [4.78, 5) is 0. The smallest absolute Gasteiger partial charge is 0.231 e. The third-order valence-electron chi connectivity index (χ3n) is 5.60. The van der Waals surface area contributed by atoms with Gasteiger partial charge in [0.2, 0.25) is 6.79 Å². The number of phenols is 1. The predicted octanol–water partition coefficient (Wildman–Crippen LogP) is 5.87. The fourth-order valence-electron chi connectivity index (χ4n) is 3.99. The van der Waals surface area contributed by atoms with Crippen molar-refractivity contribution in [1.29, 1.82) is 0 Å². The van der Waals surface area contributed by atoms with Crippen LogP contribution in [-0.4, -0.2) is 31.1 Å². The van der Waals surface area contributed by atoms with Crippen LogP contribution in [0.4, 0.5) is 0 Å². The average molecular weight is 446 g/mol. The molecule has 1 aliphatic heterocycles. The Balaban J connectivity index is 1.70. The second-order valence-corrected chi connectivity index (χ2v) is 8.30. The molecule has 0 unspecified atom stereocenters. The molecule has 1 aliphatic rings. The number of rotatable bonds is 9. The van der Waals surface area contributed by atoms with Gasteiger partial charge in [0.15, 0.2) is 11.5 Å². The van der Waals surface area contributed by atoms with Crippen LogP contribution in [0.3, 0.4) is 0 Å². The summed E-state index contributed by atoms with van der Waals surface area (Å²) < 4.78 is 17.0. The highest BCUT2D eigenvalue weighted by Crippen LogP contribution is 2.40. The van der Waals surface area contributed by atoms with E-state index in [1.807, 2.05) is 36.4 Å². The van der Waals surface area contributed by atoms with E-state index in [1.54, 1.807) is 12.1 Å². The molecule has 0 aliphatic carbocycles. The van der Waals surface area contributed by atoms with Gasteiger partial charge in [0, 0.05) is 12.6 Å². The Labute approximate surface area is 195 Å². The Kier molecular flexibility index (Phi) is 7.20. The summed E-state index contributed by atoms with van der Waals surface area (Å²) in [5.41, 5.74) is 5.52. The predicted molar refractivity (Wildman–Crippen MR) is 132 cm³/mol. The van der Waals surface area contributed by atoms with Crippen molar-refractivity contribution in [2.75, 3.05) is 19.9 Å². The standard InChI is InChI=1S/C28H31NO4/c1-4-25(22-9-14-26-27(17-22)33-18-32-26)28(20-5-10-23(30)11-6-20)21-7-12-24(13-8-21)31-16-15-29-19(2)3/h5-14,17,19,29-30H,4,15-16,18H2,1-3H3/b28-25-. The molecule has 1 heterocycles. The topological polar surface area (TPSA) is 60.0 Å². The summed E-state index contributed by atoms with van der Waals surface area (Å²) in [6.45, 7) is 8.08. The van der Waals surface area contributed by atoms with Crippen LogP contribution < -0.4 is 19.5 Å². The first-order valence-electron chi connectivity index (χ1n) is 11.4. The van der Waals surface area contributed by atoms with Crippen molar-refractivity contribution in [1.82, 2.24) is 5.32 Å². The van der Waals surface area contributed by atoms with Gasteiger partial charge in [-0.25, -0.2) is 0 Å². The highest BCUT2D eigenvalue weighted by atomic mass is 16.7. The molecule has 172 valence electrons. The van der Waals surface area contributed by atoms with Gasteiger partial charge < -0.3 is 24.6 Å². The Morgan fingerprint density at radius 1 is 0.909 bits per heavy atom. The molecule has 2 N–H and O–H groups in total. The van der Waals surface area contributed by atoms with Crippen molar-refractivity contribution in [2.45, 2.75) is 33.2 Å². The molecule has 0 bridgehead atoms. The third-order valence-corrected chi connectivity index (χ3v) is 5.60. The lowest BCUT2D eigenvalue weighted by molar-refractivity contribution is 0.174. The van der Waals surface area contributed by atoms with Gasteiger partial charge in [0.1, 0.15) is 18.1 Å². The second kappa shape index (κ2) is 10.5. The molecule has 0 atom stereocenters. The number of fused-ring (bicyclic) bond motifs is 1. The molecule has 0 spiro atoms. The first-order valence-corrected chi connectivity index (χ1v) is 11.4. The third kappa shape index (κ3) is 5.49. The number of hydrogen-bond acceptors (Lipinski definition) is 5. The van der Waals surface area contributed by atoms with Crippen LogP contribution >= 0.6 is 0 Å². The Morgan fingerprint density at radius 3 is 2.21 bits per heavy atom. The Morgan fingerprint density at radius 2 is 1.55 bits per heavy atom. The maximum absolute atomic E-state index is 9.83. The molecular weight excluding hydrogens is 414 g/mol. The zero-order valence-corrected chi connectivity index (χ0v) is 19.4. The van der Waals surface area contributed by atoms with E-state index in [9.17, 15) is 5.11 Å². The van der Waals surface area contributed by atoms with Gasteiger partial charge in [0.25, 0.3) is 0 Å². The molecule has 5 heteroatoms. The van der Waals surface area contributed by atoms with Crippen LogP contribution in [0.5, 0.6) is 23.0 Å². The normalized spacial score (nSPS) is 13.2. The van der Waals surface area contributed by atoms with Gasteiger partial charge in [-0.3, -0.25) is 0 Å². The van der Waals surface area contributed by atoms with Crippen molar-refractivity contribution in [3.05, 3.63) is 83.4 Å². The van der Waals surface area contributed by atoms with E-state index in [1.165, 1.54) is 5.57 Å². The zero-order valence-electron chi connectivity index (χ0n) is 19.4. The van der Waals surface area contributed by atoms with Gasteiger partial charge in [-0.1, -0.05) is 51.1 Å². The number of hydrogen-bond donors (Lipinski definition) is 2. The summed E-state index contributed by atoms with van der Waals surface area (Å²) in [7, 11) is 0. The van der Waals surface area contributed by atoms with E-state index in [0.29, 0.717) is 12.6 Å². The van der Waals surface area contributed by atoms with Gasteiger partial charge >= 0.3 is 0 Å². The quantitative estimate of drug-likeness (QED) is 0.319. The molecule has 3 aromatic rings. The number of ether oxygens (including phenoxy) is 3. The van der Waals surface area contributed by atoms with Crippen LogP contribution in [0.2, 0.25) is 0 Å². The van der Waals surface area contributed by atoms with Crippen molar-refractivity contribution >= 4 is 11.1 Å². The second-order valence-electron chi connectivity index (χ2n) is 8.30. The van der Waals surface area contributed by atoms with Crippen LogP contribution in [0.1, 0.15) is 43.9 Å². The van der Waals surface area contributed by atoms with E-state index < -0.39 is 0 Å². The molecule has 0 fully saturated rings. The van der Waals surface area contributed by atoms with Crippen LogP contribution in [0, 0.1) is 0 Å². The molecular formula is C28H31NO4. The van der Waals surface area contributed by atoms with Crippen LogP contribution in [-0.2, 0) is 0 Å². The molecule has 0 aromatic heterocycles. The molecule has 5 nitrogen and oxygen atoms in total. The lowest BCUT2D eigenvalue weighted by Crippen LogP contribution is -2.27. The van der Waals surface area contributed by atoms with Crippen LogP contribution in [0.15, 0.2) is 66.7 Å². The van der Waals surface area contributed by atoms with E-state index in [4.69, 9.17) is 14.2 Å². The summed E-state index contributed by atoms with van der Waals surface area (Å²) >= 11 is 0. The van der Waals surface area contributed by atoms with Crippen LogP contribution in [0.25, 0.3) is 11.1 Å². The van der Waals surface area contributed by atoms with E-state index >= 15 is 0 Å². The number of nitrogens with one attached hydrogen (secondary N) is 1. The van der Waals surface area contributed by atoms with E-state index in [2.05, 4.69) is 44.3 Å². The minimum absolute atomic E-state index is 0.248. The lowest BCUT2D eigenvalue weighted by Gasteiger charge is -2.17.